The highest BCUT2D eigenvalue weighted by atomic mass is 19.4. The molecule has 0 aliphatic carbocycles. The van der Waals surface area contributed by atoms with Crippen LogP contribution in [0.3, 0.4) is 0 Å². The fraction of sp³-hybridized carbons (Fsp3) is 0.0217. The van der Waals surface area contributed by atoms with E-state index in [0.717, 1.165) is 72.7 Å². The molecule has 54 heavy (non-hydrogen) atoms. The van der Waals surface area contributed by atoms with Gasteiger partial charge in [-0.2, -0.15) is 13.2 Å². The number of benzene rings is 7. The molecule has 0 radical (unpaired) electrons. The van der Waals surface area contributed by atoms with Crippen LogP contribution < -0.4 is 0 Å². The summed E-state index contributed by atoms with van der Waals surface area (Å²) >= 11 is 0. The quantitative estimate of drug-likeness (QED) is 0.179. The van der Waals surface area contributed by atoms with Crippen LogP contribution >= 0.6 is 0 Å². The molecular weight excluding hydrogens is 682 g/mol. The molecule has 7 aromatic carbocycles. The fourth-order valence-electron chi connectivity index (χ4n) is 7.32. The highest BCUT2D eigenvalue weighted by molar-refractivity contribution is 6.17. The first-order valence-corrected chi connectivity index (χ1v) is 17.4. The van der Waals surface area contributed by atoms with Crippen LogP contribution in [0, 0.1) is 0 Å². The summed E-state index contributed by atoms with van der Waals surface area (Å²) in [6.07, 6.45) is -4.47. The molecule has 0 aliphatic rings. The number of para-hydroxylation sites is 2. The third-order valence-electron chi connectivity index (χ3n) is 9.89. The zero-order valence-corrected chi connectivity index (χ0v) is 28.4. The maximum Gasteiger partial charge on any atom is 0.416 e. The van der Waals surface area contributed by atoms with Crippen molar-refractivity contribution in [2.45, 2.75) is 6.18 Å². The van der Waals surface area contributed by atoms with E-state index in [1.165, 1.54) is 12.1 Å². The summed E-state index contributed by atoms with van der Waals surface area (Å²) in [6, 6.07) is 51.0. The van der Waals surface area contributed by atoms with Crippen LogP contribution in [0.4, 0.5) is 13.2 Å². The third kappa shape index (κ3) is 5.30. The number of nitrogens with zero attached hydrogens (tertiary/aromatic N) is 4. The molecule has 8 heteroatoms. The first-order chi connectivity index (χ1) is 26.4. The van der Waals surface area contributed by atoms with E-state index >= 15 is 0 Å². The smallest absolute Gasteiger partial charge is 0.416 e. The molecule has 3 heterocycles. The van der Waals surface area contributed by atoms with E-state index in [1.807, 2.05) is 109 Å². The topological polar surface area (TPSA) is 56.7 Å². The maximum atomic E-state index is 13.8. The molecule has 0 saturated carbocycles. The zero-order chi connectivity index (χ0) is 36.4. The summed E-state index contributed by atoms with van der Waals surface area (Å²) in [5.74, 6) is 1.46. The van der Waals surface area contributed by atoms with Gasteiger partial charge in [0.2, 0.25) is 0 Å². The zero-order valence-electron chi connectivity index (χ0n) is 28.4. The van der Waals surface area contributed by atoms with Crippen LogP contribution in [0.15, 0.2) is 168 Å². The number of hydrogen-bond acceptors (Lipinski definition) is 4. The predicted molar refractivity (Wildman–Crippen MR) is 208 cm³/mol. The maximum absolute atomic E-state index is 13.8. The van der Waals surface area contributed by atoms with Gasteiger partial charge < -0.3 is 8.98 Å². The van der Waals surface area contributed by atoms with Gasteiger partial charge in [-0.1, -0.05) is 109 Å². The molecule has 10 rings (SSSR count). The summed E-state index contributed by atoms with van der Waals surface area (Å²) < 4.78 is 49.8. The largest absolute Gasteiger partial charge is 0.456 e. The Hall–Kier alpha value is -7.06. The van der Waals surface area contributed by atoms with Gasteiger partial charge in [-0.05, 0) is 54.1 Å². The second-order valence-corrected chi connectivity index (χ2v) is 13.2. The average Bonchev–Trinajstić information content (AvgIpc) is 3.74. The van der Waals surface area contributed by atoms with E-state index in [2.05, 4.69) is 34.9 Å². The highest BCUT2D eigenvalue weighted by Crippen LogP contribution is 2.42. The van der Waals surface area contributed by atoms with Crippen molar-refractivity contribution in [2.24, 2.45) is 0 Å². The number of halogens is 3. The van der Waals surface area contributed by atoms with Crippen molar-refractivity contribution >= 4 is 43.7 Å². The first-order valence-electron chi connectivity index (χ1n) is 17.4. The van der Waals surface area contributed by atoms with Crippen molar-refractivity contribution in [2.75, 3.05) is 0 Å². The number of fused-ring (bicyclic) bond motifs is 6. The van der Waals surface area contributed by atoms with Gasteiger partial charge in [0.05, 0.1) is 22.3 Å². The van der Waals surface area contributed by atoms with E-state index in [1.54, 1.807) is 0 Å². The normalized spacial score (nSPS) is 12.0. The summed E-state index contributed by atoms with van der Waals surface area (Å²) in [5.41, 5.74) is 7.12. The van der Waals surface area contributed by atoms with Crippen molar-refractivity contribution in [3.8, 4) is 51.0 Å². The summed E-state index contributed by atoms with van der Waals surface area (Å²) in [4.78, 5) is 14.7. The molecule has 258 valence electrons. The lowest BCUT2D eigenvalue weighted by Gasteiger charge is -2.17. The molecule has 5 nitrogen and oxygen atoms in total. The van der Waals surface area contributed by atoms with Gasteiger partial charge in [0.1, 0.15) is 11.2 Å². The standard InChI is InChI=1S/C46H27F3N4O/c47-46(48,49)32-22-19-28(20-23-32)35-25-31(45-51-43(29-11-3-1-4-12-29)50-44(52-45)30-13-5-2-6-14-30)21-24-39(35)53-38-17-9-7-15-33(38)36-26-37-34-16-8-10-18-41(34)54-42(37)27-40(36)53/h1-27H. The van der Waals surface area contributed by atoms with Crippen molar-refractivity contribution in [1.29, 1.82) is 0 Å². The SMILES string of the molecule is FC(F)(F)c1ccc(-c2cc(-c3nc(-c4ccccc4)nc(-c4ccccc4)n3)ccc2-n2c3ccccc3c3cc4c(cc32)oc2ccccc24)cc1. The van der Waals surface area contributed by atoms with Gasteiger partial charge in [-0.15, -0.1) is 0 Å². The number of furan rings is 1. The van der Waals surface area contributed by atoms with Gasteiger partial charge >= 0.3 is 6.18 Å². The Balaban J connectivity index is 1.24. The van der Waals surface area contributed by atoms with Crippen LogP contribution in [0.5, 0.6) is 0 Å². The lowest BCUT2D eigenvalue weighted by Crippen LogP contribution is -2.04. The van der Waals surface area contributed by atoms with Crippen LogP contribution in [-0.2, 0) is 6.18 Å². The Bertz CT molecular complexity index is 2970. The Morgan fingerprint density at radius 2 is 1.00 bits per heavy atom. The summed E-state index contributed by atoms with van der Waals surface area (Å²) in [5, 5.41) is 4.12. The Labute approximate surface area is 306 Å². The monoisotopic (exact) mass is 708 g/mol. The molecule has 0 bridgehead atoms. The lowest BCUT2D eigenvalue weighted by atomic mass is 9.98. The molecule has 3 aromatic heterocycles. The molecule has 0 atom stereocenters. The highest BCUT2D eigenvalue weighted by Gasteiger charge is 2.30. The number of rotatable bonds is 5. The van der Waals surface area contributed by atoms with Crippen molar-refractivity contribution in [1.82, 2.24) is 19.5 Å². The van der Waals surface area contributed by atoms with Gasteiger partial charge in [-0.25, -0.2) is 15.0 Å². The lowest BCUT2D eigenvalue weighted by molar-refractivity contribution is -0.137. The van der Waals surface area contributed by atoms with E-state index < -0.39 is 11.7 Å². The number of hydrogen-bond donors (Lipinski definition) is 0. The Morgan fingerprint density at radius 1 is 0.426 bits per heavy atom. The van der Waals surface area contributed by atoms with Crippen molar-refractivity contribution < 1.29 is 17.6 Å². The predicted octanol–water partition coefficient (Wildman–Crippen LogP) is 12.6. The summed E-state index contributed by atoms with van der Waals surface area (Å²) in [7, 11) is 0. The van der Waals surface area contributed by atoms with Gasteiger partial charge in [0, 0.05) is 49.9 Å². The molecule has 0 amide bonds. The molecule has 0 aliphatic heterocycles. The fourth-order valence-corrected chi connectivity index (χ4v) is 7.32. The minimum atomic E-state index is -4.47. The van der Waals surface area contributed by atoms with Crippen LogP contribution in [0.2, 0.25) is 0 Å². The van der Waals surface area contributed by atoms with Crippen LogP contribution in [0.1, 0.15) is 5.56 Å². The average molecular weight is 709 g/mol. The molecule has 0 unspecified atom stereocenters. The van der Waals surface area contributed by atoms with E-state index in [4.69, 9.17) is 19.4 Å². The van der Waals surface area contributed by atoms with Gasteiger partial charge in [0.15, 0.2) is 17.5 Å². The van der Waals surface area contributed by atoms with E-state index in [-0.39, 0.29) is 0 Å². The number of alkyl halides is 3. The molecule has 0 saturated heterocycles. The molecule has 10 aromatic rings. The van der Waals surface area contributed by atoms with Crippen molar-refractivity contribution in [3.63, 3.8) is 0 Å². The Kier molecular flexibility index (Phi) is 7.20. The number of aromatic nitrogens is 4. The minimum absolute atomic E-state index is 0.439. The molecule has 0 N–H and O–H groups in total. The van der Waals surface area contributed by atoms with Crippen molar-refractivity contribution in [3.05, 3.63) is 169 Å². The van der Waals surface area contributed by atoms with Crippen LogP contribution in [-0.4, -0.2) is 19.5 Å². The van der Waals surface area contributed by atoms with Crippen LogP contribution in [0.25, 0.3) is 94.7 Å². The minimum Gasteiger partial charge on any atom is -0.456 e. The first kappa shape index (κ1) is 31.7. The van der Waals surface area contributed by atoms with Gasteiger partial charge in [-0.3, -0.25) is 0 Å². The second-order valence-electron chi connectivity index (χ2n) is 13.2. The second kappa shape index (κ2) is 12.3. The third-order valence-corrected chi connectivity index (χ3v) is 9.89. The summed E-state index contributed by atoms with van der Waals surface area (Å²) in [6.45, 7) is 0. The van der Waals surface area contributed by atoms with E-state index in [0.29, 0.717) is 34.2 Å². The molecular formula is C46H27F3N4O. The molecule has 0 spiro atoms. The van der Waals surface area contributed by atoms with Gasteiger partial charge in [0.25, 0.3) is 0 Å². The Morgan fingerprint density at radius 3 is 1.67 bits per heavy atom. The van der Waals surface area contributed by atoms with E-state index in [9.17, 15) is 13.2 Å². The molecule has 0 fully saturated rings.